The molecule has 1 heterocycles. The average molecular weight is 283 g/mol. The van der Waals surface area contributed by atoms with Crippen LogP contribution in [0, 0.1) is 0 Å². The molecule has 1 aromatic heterocycles. The van der Waals surface area contributed by atoms with Crippen LogP contribution in [0.5, 0.6) is 0 Å². The average Bonchev–Trinajstić information content (AvgIpc) is 2.72. The number of carbonyl (C=O) groups is 3. The van der Waals surface area contributed by atoms with Crippen LogP contribution >= 0.6 is 0 Å². The summed E-state index contributed by atoms with van der Waals surface area (Å²) < 4.78 is 6.05. The SMILES string of the molecule is CC(C)(C)OC(=O)n1ccc(NC(=O)CCC(=O)O)n1. The van der Waals surface area contributed by atoms with E-state index in [4.69, 9.17) is 9.84 Å². The second-order valence-corrected chi connectivity index (χ2v) is 5.07. The number of carbonyl (C=O) groups excluding carboxylic acids is 2. The van der Waals surface area contributed by atoms with Crippen LogP contribution in [0.1, 0.15) is 33.6 Å². The largest absolute Gasteiger partial charge is 0.481 e. The quantitative estimate of drug-likeness (QED) is 0.865. The van der Waals surface area contributed by atoms with Crippen LogP contribution in [0.3, 0.4) is 0 Å². The lowest BCUT2D eigenvalue weighted by molar-refractivity contribution is -0.138. The Bertz CT molecular complexity index is 515. The minimum Gasteiger partial charge on any atom is -0.481 e. The molecule has 0 saturated heterocycles. The van der Waals surface area contributed by atoms with Gasteiger partial charge in [0, 0.05) is 18.7 Å². The fraction of sp³-hybridized carbons (Fsp3) is 0.500. The number of nitrogens with one attached hydrogen (secondary N) is 1. The van der Waals surface area contributed by atoms with Crippen LogP contribution in [0.25, 0.3) is 0 Å². The number of carboxylic acids is 1. The zero-order chi connectivity index (χ0) is 15.3. The van der Waals surface area contributed by atoms with E-state index in [0.717, 1.165) is 4.68 Å². The molecule has 0 bridgehead atoms. The Balaban J connectivity index is 2.57. The van der Waals surface area contributed by atoms with Gasteiger partial charge in [-0.25, -0.2) is 4.79 Å². The van der Waals surface area contributed by atoms with Crippen molar-refractivity contribution in [3.8, 4) is 0 Å². The Morgan fingerprint density at radius 1 is 1.35 bits per heavy atom. The Morgan fingerprint density at radius 3 is 2.55 bits per heavy atom. The van der Waals surface area contributed by atoms with Crippen LogP contribution in [-0.2, 0) is 14.3 Å². The first-order valence-electron chi connectivity index (χ1n) is 5.98. The molecule has 1 amide bonds. The number of ether oxygens (including phenoxy) is 1. The van der Waals surface area contributed by atoms with Gasteiger partial charge in [0.1, 0.15) is 5.60 Å². The molecule has 20 heavy (non-hydrogen) atoms. The molecular weight excluding hydrogens is 266 g/mol. The van der Waals surface area contributed by atoms with Gasteiger partial charge >= 0.3 is 12.1 Å². The summed E-state index contributed by atoms with van der Waals surface area (Å²) >= 11 is 0. The highest BCUT2D eigenvalue weighted by molar-refractivity contribution is 5.91. The van der Waals surface area contributed by atoms with Gasteiger partial charge < -0.3 is 15.2 Å². The molecule has 2 N–H and O–H groups in total. The number of carboxylic acid groups (broad SMARTS) is 1. The summed E-state index contributed by atoms with van der Waals surface area (Å²) in [4.78, 5) is 33.4. The highest BCUT2D eigenvalue weighted by atomic mass is 16.6. The lowest BCUT2D eigenvalue weighted by Gasteiger charge is -2.18. The van der Waals surface area contributed by atoms with Gasteiger partial charge in [-0.3, -0.25) is 9.59 Å². The Morgan fingerprint density at radius 2 is 2.00 bits per heavy atom. The zero-order valence-electron chi connectivity index (χ0n) is 11.5. The molecule has 0 aliphatic heterocycles. The molecule has 0 spiro atoms. The minimum atomic E-state index is -1.06. The Hall–Kier alpha value is -2.38. The van der Waals surface area contributed by atoms with Crippen molar-refractivity contribution in [2.75, 3.05) is 5.32 Å². The first-order chi connectivity index (χ1) is 9.17. The van der Waals surface area contributed by atoms with E-state index < -0.39 is 23.6 Å². The van der Waals surface area contributed by atoms with Gasteiger partial charge in [0.25, 0.3) is 0 Å². The van der Waals surface area contributed by atoms with Crippen LogP contribution in [0.2, 0.25) is 0 Å². The monoisotopic (exact) mass is 283 g/mol. The van der Waals surface area contributed by atoms with Crippen molar-refractivity contribution < 1.29 is 24.2 Å². The van der Waals surface area contributed by atoms with E-state index in [-0.39, 0.29) is 18.7 Å². The van der Waals surface area contributed by atoms with E-state index in [1.54, 1.807) is 20.8 Å². The Labute approximate surface area is 115 Å². The molecule has 0 saturated carbocycles. The molecule has 0 unspecified atom stereocenters. The summed E-state index contributed by atoms with van der Waals surface area (Å²) in [6.45, 7) is 5.18. The van der Waals surface area contributed by atoms with Gasteiger partial charge in [-0.1, -0.05) is 0 Å². The molecule has 0 aliphatic carbocycles. The summed E-state index contributed by atoms with van der Waals surface area (Å²) in [5.41, 5.74) is -0.645. The molecule has 0 radical (unpaired) electrons. The number of aromatic nitrogens is 2. The fourth-order valence-electron chi connectivity index (χ4n) is 1.23. The van der Waals surface area contributed by atoms with E-state index in [1.165, 1.54) is 12.3 Å². The maximum absolute atomic E-state index is 11.7. The lowest BCUT2D eigenvalue weighted by atomic mass is 10.2. The smallest absolute Gasteiger partial charge is 0.435 e. The van der Waals surface area contributed by atoms with Gasteiger partial charge in [0.2, 0.25) is 5.91 Å². The topological polar surface area (TPSA) is 111 Å². The third kappa shape index (κ3) is 5.51. The number of aliphatic carboxylic acids is 1. The maximum atomic E-state index is 11.7. The normalized spacial score (nSPS) is 10.9. The molecule has 0 atom stereocenters. The van der Waals surface area contributed by atoms with Crippen molar-refractivity contribution in [1.29, 1.82) is 0 Å². The van der Waals surface area contributed by atoms with Crippen LogP contribution in [0.4, 0.5) is 10.6 Å². The molecular formula is C12H17N3O5. The van der Waals surface area contributed by atoms with E-state index in [9.17, 15) is 14.4 Å². The number of hydrogen-bond donors (Lipinski definition) is 2. The number of rotatable bonds is 4. The van der Waals surface area contributed by atoms with Crippen LogP contribution < -0.4 is 5.32 Å². The second kappa shape index (κ2) is 6.18. The third-order valence-corrected chi connectivity index (χ3v) is 2.00. The van der Waals surface area contributed by atoms with Crippen LogP contribution in [0.15, 0.2) is 12.3 Å². The van der Waals surface area contributed by atoms with Crippen LogP contribution in [-0.4, -0.2) is 38.5 Å². The highest BCUT2D eigenvalue weighted by Crippen LogP contribution is 2.10. The van der Waals surface area contributed by atoms with Crippen molar-refractivity contribution in [1.82, 2.24) is 9.78 Å². The molecule has 0 aromatic carbocycles. The standard InChI is InChI=1S/C12H17N3O5/c1-12(2,3)20-11(19)15-7-6-8(14-15)13-9(16)4-5-10(17)18/h6-7H,4-5H2,1-3H3,(H,17,18)(H,13,14,16). The minimum absolute atomic E-state index is 0.158. The van der Waals surface area contributed by atoms with Crippen molar-refractivity contribution in [2.24, 2.45) is 0 Å². The van der Waals surface area contributed by atoms with E-state index >= 15 is 0 Å². The van der Waals surface area contributed by atoms with E-state index in [1.807, 2.05) is 0 Å². The predicted molar refractivity (Wildman–Crippen MR) is 69.4 cm³/mol. The number of nitrogens with zero attached hydrogens (tertiary/aromatic N) is 2. The predicted octanol–water partition coefficient (Wildman–Crippen LogP) is 1.47. The van der Waals surface area contributed by atoms with E-state index in [0.29, 0.717) is 0 Å². The van der Waals surface area contributed by atoms with Crippen molar-refractivity contribution in [3.05, 3.63) is 12.3 Å². The van der Waals surface area contributed by atoms with Crippen molar-refractivity contribution in [2.45, 2.75) is 39.2 Å². The lowest BCUT2D eigenvalue weighted by Crippen LogP contribution is -2.27. The molecule has 8 nitrogen and oxygen atoms in total. The summed E-state index contributed by atoms with van der Waals surface area (Å²) in [6.07, 6.45) is 0.261. The number of amides is 1. The highest BCUT2D eigenvalue weighted by Gasteiger charge is 2.18. The summed E-state index contributed by atoms with van der Waals surface area (Å²) in [6, 6.07) is 1.42. The molecule has 1 rings (SSSR count). The first-order valence-corrected chi connectivity index (χ1v) is 5.98. The van der Waals surface area contributed by atoms with Gasteiger partial charge in [0.05, 0.1) is 6.42 Å². The fourth-order valence-corrected chi connectivity index (χ4v) is 1.23. The Kier molecular flexibility index (Phi) is 4.84. The molecule has 1 aromatic rings. The summed E-state index contributed by atoms with van der Waals surface area (Å²) in [5, 5.41) is 14.7. The number of hydrogen-bond acceptors (Lipinski definition) is 5. The molecule has 0 fully saturated rings. The maximum Gasteiger partial charge on any atom is 0.435 e. The summed E-state index contributed by atoms with van der Waals surface area (Å²) in [5.74, 6) is -1.38. The molecule has 110 valence electrons. The van der Waals surface area contributed by atoms with Gasteiger partial charge in [-0.15, -0.1) is 5.10 Å². The van der Waals surface area contributed by atoms with Crippen molar-refractivity contribution >= 4 is 23.8 Å². The van der Waals surface area contributed by atoms with Gasteiger partial charge in [0.15, 0.2) is 5.82 Å². The van der Waals surface area contributed by atoms with Crippen molar-refractivity contribution in [3.63, 3.8) is 0 Å². The van der Waals surface area contributed by atoms with E-state index in [2.05, 4.69) is 10.4 Å². The second-order valence-electron chi connectivity index (χ2n) is 5.07. The number of anilines is 1. The zero-order valence-corrected chi connectivity index (χ0v) is 11.5. The molecule has 8 heteroatoms. The van der Waals surface area contributed by atoms with Gasteiger partial charge in [-0.2, -0.15) is 4.68 Å². The summed E-state index contributed by atoms with van der Waals surface area (Å²) in [7, 11) is 0. The van der Waals surface area contributed by atoms with Gasteiger partial charge in [-0.05, 0) is 20.8 Å². The first kappa shape index (κ1) is 15.7. The molecule has 0 aliphatic rings. The third-order valence-electron chi connectivity index (χ3n) is 2.00.